The highest BCUT2D eigenvalue weighted by atomic mass is 35.5. The SMILES string of the molecule is CNC(=O)COc1ccc(C(=O)NCC2(COC)CCNCC2)cc1OC.Cl. The van der Waals surface area contributed by atoms with Gasteiger partial charge in [-0.1, -0.05) is 0 Å². The van der Waals surface area contributed by atoms with E-state index in [1.807, 2.05) is 0 Å². The van der Waals surface area contributed by atoms with Crippen LogP contribution in [0.3, 0.4) is 0 Å². The van der Waals surface area contributed by atoms with Gasteiger partial charge in [-0.15, -0.1) is 12.4 Å². The highest BCUT2D eigenvalue weighted by Crippen LogP contribution is 2.30. The fourth-order valence-electron chi connectivity index (χ4n) is 3.15. The third-order valence-corrected chi connectivity index (χ3v) is 4.80. The minimum absolute atomic E-state index is 0. The standard InChI is InChI=1S/C19H29N3O5.ClH/c1-20-17(23)11-27-15-5-4-14(10-16(15)26-3)18(24)22-12-19(13-25-2)6-8-21-9-7-19;/h4-5,10,21H,6-9,11-13H2,1-3H3,(H,20,23)(H,22,24);1H. The molecule has 1 aromatic carbocycles. The smallest absolute Gasteiger partial charge is 0.257 e. The average Bonchev–Trinajstić information content (AvgIpc) is 2.71. The monoisotopic (exact) mass is 415 g/mol. The molecule has 28 heavy (non-hydrogen) atoms. The fourth-order valence-corrected chi connectivity index (χ4v) is 3.15. The second-order valence-electron chi connectivity index (χ2n) is 6.69. The first-order valence-electron chi connectivity index (χ1n) is 9.03. The molecule has 1 heterocycles. The molecule has 9 heteroatoms. The first-order chi connectivity index (χ1) is 13.0. The van der Waals surface area contributed by atoms with Gasteiger partial charge in [-0.25, -0.2) is 0 Å². The molecule has 8 nitrogen and oxygen atoms in total. The molecule has 0 saturated carbocycles. The van der Waals surface area contributed by atoms with Crippen LogP contribution in [0.15, 0.2) is 18.2 Å². The first-order valence-corrected chi connectivity index (χ1v) is 9.03. The summed E-state index contributed by atoms with van der Waals surface area (Å²) in [6.07, 6.45) is 1.91. The van der Waals surface area contributed by atoms with Crippen LogP contribution in [0.4, 0.5) is 0 Å². The lowest BCUT2D eigenvalue weighted by molar-refractivity contribution is -0.122. The predicted octanol–water partition coefficient (Wildman–Crippen LogP) is 0.988. The van der Waals surface area contributed by atoms with E-state index in [4.69, 9.17) is 14.2 Å². The third-order valence-electron chi connectivity index (χ3n) is 4.80. The molecule has 1 aliphatic rings. The average molecular weight is 416 g/mol. The number of rotatable bonds is 9. The lowest BCUT2D eigenvalue weighted by Gasteiger charge is -2.37. The van der Waals surface area contributed by atoms with Gasteiger partial charge in [0.05, 0.1) is 13.7 Å². The summed E-state index contributed by atoms with van der Waals surface area (Å²) < 4.78 is 16.1. The number of halogens is 1. The van der Waals surface area contributed by atoms with Crippen molar-refractivity contribution in [2.24, 2.45) is 5.41 Å². The van der Waals surface area contributed by atoms with E-state index >= 15 is 0 Å². The van der Waals surface area contributed by atoms with Gasteiger partial charge < -0.3 is 30.2 Å². The molecule has 0 aromatic heterocycles. The van der Waals surface area contributed by atoms with E-state index in [0.717, 1.165) is 25.9 Å². The van der Waals surface area contributed by atoms with Crippen molar-refractivity contribution in [2.45, 2.75) is 12.8 Å². The molecule has 2 amide bonds. The van der Waals surface area contributed by atoms with Gasteiger partial charge in [0.15, 0.2) is 18.1 Å². The number of hydrogen-bond acceptors (Lipinski definition) is 6. The maximum atomic E-state index is 12.6. The summed E-state index contributed by atoms with van der Waals surface area (Å²) in [6, 6.07) is 4.90. The topological polar surface area (TPSA) is 97.9 Å². The zero-order chi connectivity index (χ0) is 19.7. The maximum absolute atomic E-state index is 12.6. The van der Waals surface area contributed by atoms with Crippen molar-refractivity contribution in [3.63, 3.8) is 0 Å². The van der Waals surface area contributed by atoms with Crippen LogP contribution in [0.1, 0.15) is 23.2 Å². The minimum atomic E-state index is -0.246. The van der Waals surface area contributed by atoms with Crippen molar-refractivity contribution in [2.75, 3.05) is 54.1 Å². The number of likely N-dealkylation sites (N-methyl/N-ethyl adjacent to an activating group) is 1. The van der Waals surface area contributed by atoms with Crippen LogP contribution in [-0.2, 0) is 9.53 Å². The Morgan fingerprint density at radius 3 is 2.50 bits per heavy atom. The number of carbonyl (C=O) groups excluding carboxylic acids is 2. The molecule has 2 rings (SSSR count). The summed E-state index contributed by atoms with van der Waals surface area (Å²) in [6.45, 7) is 2.89. The van der Waals surface area contributed by atoms with E-state index in [9.17, 15) is 9.59 Å². The van der Waals surface area contributed by atoms with E-state index in [2.05, 4.69) is 16.0 Å². The molecule has 1 saturated heterocycles. The van der Waals surface area contributed by atoms with Crippen molar-refractivity contribution < 1.29 is 23.8 Å². The molecule has 1 fully saturated rings. The molecule has 3 N–H and O–H groups in total. The van der Waals surface area contributed by atoms with Crippen LogP contribution in [0.2, 0.25) is 0 Å². The van der Waals surface area contributed by atoms with Gasteiger partial charge in [0, 0.05) is 31.7 Å². The number of carbonyl (C=O) groups is 2. The quantitative estimate of drug-likeness (QED) is 0.556. The Morgan fingerprint density at radius 2 is 1.89 bits per heavy atom. The lowest BCUT2D eigenvalue weighted by atomic mass is 9.79. The van der Waals surface area contributed by atoms with Gasteiger partial charge in [0.1, 0.15) is 0 Å². The molecule has 0 bridgehead atoms. The van der Waals surface area contributed by atoms with Crippen molar-refractivity contribution in [1.29, 1.82) is 0 Å². The Hall–Kier alpha value is -2.03. The zero-order valence-electron chi connectivity index (χ0n) is 16.6. The number of benzene rings is 1. The first kappa shape index (κ1) is 24.0. The third kappa shape index (κ3) is 6.54. The second kappa shape index (κ2) is 11.7. The normalized spacial score (nSPS) is 15.1. The number of methoxy groups -OCH3 is 2. The number of ether oxygens (including phenoxy) is 3. The van der Waals surface area contributed by atoms with E-state index < -0.39 is 0 Å². The molecule has 158 valence electrons. The van der Waals surface area contributed by atoms with Gasteiger partial charge in [-0.05, 0) is 44.1 Å². The summed E-state index contributed by atoms with van der Waals surface area (Å²) in [5, 5.41) is 8.83. The highest BCUT2D eigenvalue weighted by Gasteiger charge is 2.32. The van der Waals surface area contributed by atoms with Crippen LogP contribution in [0.25, 0.3) is 0 Å². The Morgan fingerprint density at radius 1 is 1.18 bits per heavy atom. The minimum Gasteiger partial charge on any atom is -0.493 e. The molecule has 1 aliphatic heterocycles. The van der Waals surface area contributed by atoms with E-state index in [1.165, 1.54) is 14.2 Å². The number of nitrogens with one attached hydrogen (secondary N) is 3. The van der Waals surface area contributed by atoms with Gasteiger partial charge in [-0.3, -0.25) is 9.59 Å². The van der Waals surface area contributed by atoms with Crippen LogP contribution in [-0.4, -0.2) is 65.9 Å². The zero-order valence-corrected chi connectivity index (χ0v) is 17.4. The van der Waals surface area contributed by atoms with Crippen molar-refractivity contribution in [3.05, 3.63) is 23.8 Å². The lowest BCUT2D eigenvalue weighted by Crippen LogP contribution is -2.47. The Kier molecular flexibility index (Phi) is 10.1. The summed E-state index contributed by atoms with van der Waals surface area (Å²) in [7, 11) is 4.72. The van der Waals surface area contributed by atoms with Gasteiger partial charge in [-0.2, -0.15) is 0 Å². The molecule has 0 aliphatic carbocycles. The summed E-state index contributed by atoms with van der Waals surface area (Å²) in [5.74, 6) is 0.385. The van der Waals surface area contributed by atoms with E-state index in [0.29, 0.717) is 30.2 Å². The summed E-state index contributed by atoms with van der Waals surface area (Å²) in [5.41, 5.74) is 0.427. The Labute approximate surface area is 172 Å². The molecule has 0 unspecified atom stereocenters. The van der Waals surface area contributed by atoms with Gasteiger partial charge in [0.25, 0.3) is 11.8 Å². The molecular formula is C19H30ClN3O5. The number of piperidine rings is 1. The molecule has 0 atom stereocenters. The predicted molar refractivity (Wildman–Crippen MR) is 109 cm³/mol. The van der Waals surface area contributed by atoms with E-state index in [1.54, 1.807) is 25.3 Å². The molecule has 0 spiro atoms. The molecule has 0 radical (unpaired) electrons. The number of hydrogen-bond donors (Lipinski definition) is 3. The number of amides is 2. The molecule has 1 aromatic rings. The Balaban J connectivity index is 0.00000392. The largest absolute Gasteiger partial charge is 0.493 e. The molecular weight excluding hydrogens is 386 g/mol. The van der Waals surface area contributed by atoms with Crippen molar-refractivity contribution in [1.82, 2.24) is 16.0 Å². The van der Waals surface area contributed by atoms with Crippen LogP contribution in [0.5, 0.6) is 11.5 Å². The van der Waals surface area contributed by atoms with Crippen LogP contribution in [0, 0.1) is 5.41 Å². The summed E-state index contributed by atoms with van der Waals surface area (Å²) >= 11 is 0. The van der Waals surface area contributed by atoms with Crippen LogP contribution < -0.4 is 25.4 Å². The maximum Gasteiger partial charge on any atom is 0.257 e. The van der Waals surface area contributed by atoms with Gasteiger partial charge in [0.2, 0.25) is 0 Å². The summed E-state index contributed by atoms with van der Waals surface area (Å²) in [4.78, 5) is 23.9. The fraction of sp³-hybridized carbons (Fsp3) is 0.579. The van der Waals surface area contributed by atoms with E-state index in [-0.39, 0.29) is 36.2 Å². The van der Waals surface area contributed by atoms with Crippen molar-refractivity contribution >= 4 is 24.2 Å². The second-order valence-corrected chi connectivity index (χ2v) is 6.69. The van der Waals surface area contributed by atoms with Gasteiger partial charge >= 0.3 is 0 Å². The highest BCUT2D eigenvalue weighted by molar-refractivity contribution is 5.95. The Bertz CT molecular complexity index is 645. The van der Waals surface area contributed by atoms with Crippen LogP contribution >= 0.6 is 12.4 Å². The van der Waals surface area contributed by atoms with Crippen molar-refractivity contribution in [3.8, 4) is 11.5 Å².